The highest BCUT2D eigenvalue weighted by atomic mass is 16.2. The third-order valence-corrected chi connectivity index (χ3v) is 4.76. The molecule has 0 fully saturated rings. The standard InChI is InChI=1S/C20H42N4O2/c1-5-23(6-2)19(25)21-17-15-13-11-9-10-12-14-16-18-22-20(26)24(7-3)8-4/h5-18H2,1-4H3,(H,21,25)(H,22,26). The summed E-state index contributed by atoms with van der Waals surface area (Å²) in [7, 11) is 0. The zero-order valence-corrected chi connectivity index (χ0v) is 17.6. The molecule has 0 aromatic rings. The Morgan fingerprint density at radius 3 is 1.08 bits per heavy atom. The Labute approximate surface area is 161 Å². The van der Waals surface area contributed by atoms with E-state index in [0.29, 0.717) is 0 Å². The molecular weight excluding hydrogens is 328 g/mol. The van der Waals surface area contributed by atoms with E-state index in [1.807, 2.05) is 37.5 Å². The van der Waals surface area contributed by atoms with Gasteiger partial charge in [-0.15, -0.1) is 0 Å². The maximum Gasteiger partial charge on any atom is 0.317 e. The highest BCUT2D eigenvalue weighted by molar-refractivity contribution is 5.74. The molecule has 0 saturated heterocycles. The third-order valence-electron chi connectivity index (χ3n) is 4.76. The summed E-state index contributed by atoms with van der Waals surface area (Å²) in [6, 6.07) is 0.117. The molecule has 0 aromatic carbocycles. The number of nitrogens with one attached hydrogen (secondary N) is 2. The first-order chi connectivity index (χ1) is 12.6. The van der Waals surface area contributed by atoms with Crippen molar-refractivity contribution in [3.63, 3.8) is 0 Å². The summed E-state index contributed by atoms with van der Waals surface area (Å²) >= 11 is 0. The summed E-state index contributed by atoms with van der Waals surface area (Å²) in [6.07, 6.45) is 9.47. The molecule has 0 bridgehead atoms. The zero-order valence-electron chi connectivity index (χ0n) is 17.6. The Balaban J connectivity index is 3.37. The van der Waals surface area contributed by atoms with Crippen LogP contribution in [0.1, 0.15) is 79.1 Å². The second kappa shape index (κ2) is 17.0. The molecule has 0 aliphatic rings. The van der Waals surface area contributed by atoms with Crippen molar-refractivity contribution in [3.05, 3.63) is 0 Å². The maximum absolute atomic E-state index is 11.8. The summed E-state index contributed by atoms with van der Waals surface area (Å²) in [5.74, 6) is 0. The molecule has 2 N–H and O–H groups in total. The second-order valence-corrected chi connectivity index (χ2v) is 6.64. The lowest BCUT2D eigenvalue weighted by Crippen LogP contribution is -2.40. The number of unbranched alkanes of at least 4 members (excludes halogenated alkanes) is 7. The van der Waals surface area contributed by atoms with Gasteiger partial charge in [-0.25, -0.2) is 9.59 Å². The van der Waals surface area contributed by atoms with Crippen molar-refractivity contribution in [2.24, 2.45) is 0 Å². The smallest absolute Gasteiger partial charge is 0.317 e. The topological polar surface area (TPSA) is 64.7 Å². The van der Waals surface area contributed by atoms with Crippen LogP contribution >= 0.6 is 0 Å². The summed E-state index contributed by atoms with van der Waals surface area (Å²) < 4.78 is 0. The average molecular weight is 371 g/mol. The molecule has 0 aliphatic carbocycles. The highest BCUT2D eigenvalue weighted by Gasteiger charge is 2.08. The number of carbonyl (C=O) groups excluding carboxylic acids is 2. The van der Waals surface area contributed by atoms with Crippen LogP contribution in [0.2, 0.25) is 0 Å². The second-order valence-electron chi connectivity index (χ2n) is 6.64. The SMILES string of the molecule is CCN(CC)C(=O)NCCCCCCCCCCNC(=O)N(CC)CC. The molecule has 0 heterocycles. The van der Waals surface area contributed by atoms with E-state index in [2.05, 4.69) is 10.6 Å². The fourth-order valence-electron chi connectivity index (χ4n) is 2.95. The van der Waals surface area contributed by atoms with Crippen molar-refractivity contribution in [1.82, 2.24) is 20.4 Å². The van der Waals surface area contributed by atoms with E-state index in [1.165, 1.54) is 38.5 Å². The fourth-order valence-corrected chi connectivity index (χ4v) is 2.95. The van der Waals surface area contributed by atoms with Crippen LogP contribution < -0.4 is 10.6 Å². The largest absolute Gasteiger partial charge is 0.338 e. The quantitative estimate of drug-likeness (QED) is 0.424. The molecule has 0 unspecified atom stereocenters. The van der Waals surface area contributed by atoms with Crippen LogP contribution in [0.3, 0.4) is 0 Å². The number of carbonyl (C=O) groups is 2. The lowest BCUT2D eigenvalue weighted by Gasteiger charge is -2.19. The number of amides is 4. The van der Waals surface area contributed by atoms with Crippen molar-refractivity contribution >= 4 is 12.1 Å². The van der Waals surface area contributed by atoms with Crippen LogP contribution in [0.4, 0.5) is 9.59 Å². The van der Waals surface area contributed by atoms with E-state index in [0.717, 1.165) is 52.1 Å². The molecule has 6 heteroatoms. The van der Waals surface area contributed by atoms with Crippen LogP contribution in [0.15, 0.2) is 0 Å². The minimum Gasteiger partial charge on any atom is -0.338 e. The van der Waals surface area contributed by atoms with Crippen molar-refractivity contribution in [3.8, 4) is 0 Å². The third kappa shape index (κ3) is 12.0. The van der Waals surface area contributed by atoms with Gasteiger partial charge in [0.25, 0.3) is 0 Å². The molecule has 0 saturated carbocycles. The summed E-state index contributed by atoms with van der Waals surface area (Å²) in [5.41, 5.74) is 0. The molecule has 0 spiro atoms. The van der Waals surface area contributed by atoms with Gasteiger partial charge in [-0.3, -0.25) is 0 Å². The van der Waals surface area contributed by atoms with Gasteiger partial charge >= 0.3 is 12.1 Å². The van der Waals surface area contributed by atoms with E-state index in [1.54, 1.807) is 0 Å². The molecule has 4 amide bonds. The highest BCUT2D eigenvalue weighted by Crippen LogP contribution is 2.08. The Kier molecular flexibility index (Phi) is 16.0. The molecule has 0 rings (SSSR count). The van der Waals surface area contributed by atoms with Crippen LogP contribution in [-0.2, 0) is 0 Å². The first kappa shape index (κ1) is 24.5. The first-order valence-corrected chi connectivity index (χ1v) is 10.7. The normalized spacial score (nSPS) is 10.5. The molecule has 0 atom stereocenters. The van der Waals surface area contributed by atoms with Crippen molar-refractivity contribution < 1.29 is 9.59 Å². The van der Waals surface area contributed by atoms with Gasteiger partial charge in [-0.2, -0.15) is 0 Å². The Morgan fingerprint density at radius 1 is 0.538 bits per heavy atom. The Hall–Kier alpha value is -1.46. The number of hydrogen-bond donors (Lipinski definition) is 2. The predicted molar refractivity (Wildman–Crippen MR) is 110 cm³/mol. The van der Waals surface area contributed by atoms with Gasteiger partial charge in [-0.05, 0) is 40.5 Å². The van der Waals surface area contributed by atoms with Crippen LogP contribution in [0.25, 0.3) is 0 Å². The fraction of sp³-hybridized carbons (Fsp3) is 0.900. The van der Waals surface area contributed by atoms with Gasteiger partial charge in [0.2, 0.25) is 0 Å². The van der Waals surface area contributed by atoms with E-state index in [4.69, 9.17) is 0 Å². The minimum absolute atomic E-state index is 0.0584. The molecule has 0 radical (unpaired) electrons. The van der Waals surface area contributed by atoms with Gasteiger partial charge in [0.05, 0.1) is 0 Å². The van der Waals surface area contributed by atoms with E-state index >= 15 is 0 Å². The van der Waals surface area contributed by atoms with Crippen LogP contribution in [0, 0.1) is 0 Å². The van der Waals surface area contributed by atoms with Gasteiger partial charge in [-0.1, -0.05) is 38.5 Å². The minimum atomic E-state index is 0.0584. The van der Waals surface area contributed by atoms with Crippen LogP contribution in [0.5, 0.6) is 0 Å². The van der Waals surface area contributed by atoms with Crippen molar-refractivity contribution in [2.75, 3.05) is 39.3 Å². The molecule has 6 nitrogen and oxygen atoms in total. The number of urea groups is 2. The number of rotatable bonds is 15. The van der Waals surface area contributed by atoms with Gasteiger partial charge in [0.1, 0.15) is 0 Å². The Bertz CT molecular complexity index is 322. The lowest BCUT2D eigenvalue weighted by molar-refractivity contribution is 0.202. The summed E-state index contributed by atoms with van der Waals surface area (Å²) in [6.45, 7) is 12.6. The zero-order chi connectivity index (χ0) is 19.6. The molecule has 26 heavy (non-hydrogen) atoms. The van der Waals surface area contributed by atoms with Gasteiger partial charge < -0.3 is 20.4 Å². The van der Waals surface area contributed by atoms with E-state index in [9.17, 15) is 9.59 Å². The average Bonchev–Trinajstić information content (AvgIpc) is 2.64. The summed E-state index contributed by atoms with van der Waals surface area (Å²) in [4.78, 5) is 27.2. The van der Waals surface area contributed by atoms with Gasteiger partial charge in [0, 0.05) is 39.3 Å². The monoisotopic (exact) mass is 370 g/mol. The van der Waals surface area contributed by atoms with Crippen molar-refractivity contribution in [2.45, 2.75) is 79.1 Å². The lowest BCUT2D eigenvalue weighted by atomic mass is 10.1. The van der Waals surface area contributed by atoms with E-state index in [-0.39, 0.29) is 12.1 Å². The maximum atomic E-state index is 11.8. The number of hydrogen-bond acceptors (Lipinski definition) is 2. The predicted octanol–water partition coefficient (Wildman–Crippen LogP) is 4.21. The molecular formula is C20H42N4O2. The Morgan fingerprint density at radius 2 is 0.808 bits per heavy atom. The molecule has 154 valence electrons. The molecule has 0 aromatic heterocycles. The van der Waals surface area contributed by atoms with Gasteiger partial charge in [0.15, 0.2) is 0 Å². The number of nitrogens with zero attached hydrogens (tertiary/aromatic N) is 2. The van der Waals surface area contributed by atoms with Crippen molar-refractivity contribution in [1.29, 1.82) is 0 Å². The first-order valence-electron chi connectivity index (χ1n) is 10.7. The molecule has 0 aliphatic heterocycles. The van der Waals surface area contributed by atoms with Crippen LogP contribution in [-0.4, -0.2) is 61.1 Å². The van der Waals surface area contributed by atoms with E-state index < -0.39 is 0 Å². The summed E-state index contributed by atoms with van der Waals surface area (Å²) in [5, 5.41) is 5.97.